The van der Waals surface area contributed by atoms with Gasteiger partial charge in [0.15, 0.2) is 0 Å². The number of rotatable bonds is 4. The van der Waals surface area contributed by atoms with Crippen LogP contribution < -0.4 is 0 Å². The molecule has 0 bridgehead atoms. The molecule has 0 aliphatic carbocycles. The van der Waals surface area contributed by atoms with Crippen LogP contribution in [0, 0.1) is 0 Å². The van der Waals surface area contributed by atoms with Gasteiger partial charge in [-0.25, -0.2) is 0 Å². The van der Waals surface area contributed by atoms with Gasteiger partial charge < -0.3 is 0 Å². The fourth-order valence-corrected chi connectivity index (χ4v) is 2.67. The minimum Gasteiger partial charge on any atom is -0.274 e. The first-order valence-corrected chi connectivity index (χ1v) is 7.42. The van der Waals surface area contributed by atoms with Crippen LogP contribution >= 0.6 is 11.6 Å². The summed E-state index contributed by atoms with van der Waals surface area (Å²) in [7, 11) is 0. The number of halogens is 1. The molecule has 1 aliphatic heterocycles. The molecule has 1 heterocycles. The Balaban J connectivity index is 1.64. The summed E-state index contributed by atoms with van der Waals surface area (Å²) in [6, 6.07) is 14.4. The van der Waals surface area contributed by atoms with Gasteiger partial charge in [0.2, 0.25) is 0 Å². The maximum Gasteiger partial charge on any atom is 0.261 e. The van der Waals surface area contributed by atoms with Crippen LogP contribution in [0.25, 0.3) is 6.08 Å². The Kier molecular flexibility index (Phi) is 4.07. The maximum absolute atomic E-state index is 12.2. The highest BCUT2D eigenvalue weighted by Gasteiger charge is 2.34. The summed E-state index contributed by atoms with van der Waals surface area (Å²) in [5.74, 6) is -0.423. The van der Waals surface area contributed by atoms with Gasteiger partial charge in [-0.3, -0.25) is 14.5 Å². The van der Waals surface area contributed by atoms with Crippen molar-refractivity contribution >= 4 is 29.5 Å². The van der Waals surface area contributed by atoms with Gasteiger partial charge in [0.05, 0.1) is 11.1 Å². The Hall–Kier alpha value is -2.39. The molecule has 0 radical (unpaired) electrons. The monoisotopic (exact) mass is 311 g/mol. The Labute approximate surface area is 133 Å². The number of benzene rings is 2. The van der Waals surface area contributed by atoms with Crippen LogP contribution in [0.3, 0.4) is 0 Å². The predicted molar refractivity (Wildman–Crippen MR) is 86.9 cm³/mol. The lowest BCUT2D eigenvalue weighted by atomic mass is 10.1. The highest BCUT2D eigenvalue weighted by Crippen LogP contribution is 2.22. The minimum atomic E-state index is -0.211. The van der Waals surface area contributed by atoms with E-state index in [1.54, 1.807) is 24.3 Å². The smallest absolute Gasteiger partial charge is 0.261 e. The summed E-state index contributed by atoms with van der Waals surface area (Å²) < 4.78 is 0. The topological polar surface area (TPSA) is 37.4 Å². The second kappa shape index (κ2) is 6.16. The van der Waals surface area contributed by atoms with E-state index < -0.39 is 0 Å². The maximum atomic E-state index is 12.2. The van der Waals surface area contributed by atoms with E-state index in [1.807, 2.05) is 36.4 Å². The Bertz CT molecular complexity index is 732. The molecule has 3 nitrogen and oxygen atoms in total. The number of imide groups is 1. The van der Waals surface area contributed by atoms with Crippen molar-refractivity contribution in [2.75, 3.05) is 6.54 Å². The molecule has 110 valence electrons. The third-order valence-electron chi connectivity index (χ3n) is 3.56. The zero-order valence-corrected chi connectivity index (χ0v) is 12.6. The van der Waals surface area contributed by atoms with Crippen LogP contribution in [-0.4, -0.2) is 23.3 Å². The van der Waals surface area contributed by atoms with Gasteiger partial charge in [-0.1, -0.05) is 48.0 Å². The fourth-order valence-electron chi connectivity index (χ4n) is 2.48. The average molecular weight is 312 g/mol. The molecule has 1 aliphatic rings. The van der Waals surface area contributed by atoms with Gasteiger partial charge in [-0.15, -0.1) is 0 Å². The number of amides is 2. The summed E-state index contributed by atoms with van der Waals surface area (Å²) in [5.41, 5.74) is 1.98. The average Bonchev–Trinajstić information content (AvgIpc) is 2.77. The van der Waals surface area contributed by atoms with Crippen LogP contribution in [0.1, 0.15) is 32.7 Å². The summed E-state index contributed by atoms with van der Waals surface area (Å²) in [5, 5.41) is 0.683. The Morgan fingerprint density at radius 1 is 0.955 bits per heavy atom. The standard InChI is InChI=1S/C18H14ClNO2/c19-14-8-5-7-13(12-14)6-3-4-11-20-17(21)15-9-1-2-10-16(15)18(20)22/h1-3,5-10,12H,4,11H2/b6-3+. The number of hydrogen-bond donors (Lipinski definition) is 0. The zero-order valence-electron chi connectivity index (χ0n) is 11.8. The molecule has 2 amide bonds. The highest BCUT2D eigenvalue weighted by molar-refractivity contribution is 6.30. The normalized spacial score (nSPS) is 14.0. The summed E-state index contributed by atoms with van der Waals surface area (Å²) in [4.78, 5) is 25.7. The van der Waals surface area contributed by atoms with E-state index >= 15 is 0 Å². The molecule has 4 heteroatoms. The van der Waals surface area contributed by atoms with Crippen molar-refractivity contribution in [3.05, 3.63) is 76.3 Å². The molecule has 0 aromatic heterocycles. The highest BCUT2D eigenvalue weighted by atomic mass is 35.5. The van der Waals surface area contributed by atoms with Crippen LogP contribution in [-0.2, 0) is 0 Å². The van der Waals surface area contributed by atoms with Crippen LogP contribution in [0.15, 0.2) is 54.6 Å². The number of hydrogen-bond acceptors (Lipinski definition) is 2. The molecular formula is C18H14ClNO2. The third kappa shape index (κ3) is 2.81. The van der Waals surface area contributed by atoms with Crippen molar-refractivity contribution in [1.82, 2.24) is 4.90 Å². The third-order valence-corrected chi connectivity index (χ3v) is 3.79. The first-order chi connectivity index (χ1) is 10.7. The fraction of sp³-hybridized carbons (Fsp3) is 0.111. The molecule has 2 aromatic carbocycles. The molecule has 0 N–H and O–H groups in total. The van der Waals surface area contributed by atoms with E-state index in [4.69, 9.17) is 11.6 Å². The van der Waals surface area contributed by atoms with Crippen LogP contribution in [0.5, 0.6) is 0 Å². The minimum absolute atomic E-state index is 0.211. The quantitative estimate of drug-likeness (QED) is 0.799. The Morgan fingerprint density at radius 2 is 1.64 bits per heavy atom. The van der Waals surface area contributed by atoms with E-state index in [0.717, 1.165) is 5.56 Å². The van der Waals surface area contributed by atoms with Gasteiger partial charge in [-0.2, -0.15) is 0 Å². The first kappa shape index (κ1) is 14.5. The van der Waals surface area contributed by atoms with Crippen molar-refractivity contribution in [1.29, 1.82) is 0 Å². The lowest BCUT2D eigenvalue weighted by molar-refractivity contribution is 0.0657. The van der Waals surface area contributed by atoms with Gasteiger partial charge in [0, 0.05) is 11.6 Å². The summed E-state index contributed by atoms with van der Waals surface area (Å²) in [6.07, 6.45) is 4.48. The van der Waals surface area contributed by atoms with Gasteiger partial charge in [0.1, 0.15) is 0 Å². The van der Waals surface area contributed by atoms with Gasteiger partial charge >= 0.3 is 0 Å². The summed E-state index contributed by atoms with van der Waals surface area (Å²) in [6.45, 7) is 0.378. The molecular weight excluding hydrogens is 298 g/mol. The van der Waals surface area contributed by atoms with E-state index in [1.165, 1.54) is 4.90 Å². The van der Waals surface area contributed by atoms with Crippen LogP contribution in [0.2, 0.25) is 5.02 Å². The number of carbonyl (C=O) groups excluding carboxylic acids is 2. The van der Waals surface area contributed by atoms with Crippen molar-refractivity contribution in [3.8, 4) is 0 Å². The van der Waals surface area contributed by atoms with E-state index in [9.17, 15) is 9.59 Å². The van der Waals surface area contributed by atoms with E-state index in [-0.39, 0.29) is 11.8 Å². The van der Waals surface area contributed by atoms with Crippen molar-refractivity contribution in [2.24, 2.45) is 0 Å². The molecule has 22 heavy (non-hydrogen) atoms. The number of nitrogens with zero attached hydrogens (tertiary/aromatic N) is 1. The second-order valence-corrected chi connectivity index (χ2v) is 5.49. The SMILES string of the molecule is O=C1c2ccccc2C(=O)N1CC/C=C/c1cccc(Cl)c1. The van der Waals surface area contributed by atoms with Gasteiger partial charge in [0.25, 0.3) is 11.8 Å². The largest absolute Gasteiger partial charge is 0.274 e. The molecule has 0 saturated carbocycles. The lowest BCUT2D eigenvalue weighted by Crippen LogP contribution is -2.30. The van der Waals surface area contributed by atoms with Gasteiger partial charge in [-0.05, 0) is 36.2 Å². The molecule has 2 aromatic rings. The number of fused-ring (bicyclic) bond motifs is 1. The molecule has 3 rings (SSSR count). The molecule has 0 unspecified atom stereocenters. The second-order valence-electron chi connectivity index (χ2n) is 5.05. The molecule has 0 fully saturated rings. The first-order valence-electron chi connectivity index (χ1n) is 7.04. The predicted octanol–water partition coefficient (Wildman–Crippen LogP) is 4.04. The Morgan fingerprint density at radius 3 is 2.27 bits per heavy atom. The van der Waals surface area contributed by atoms with Crippen LogP contribution in [0.4, 0.5) is 0 Å². The number of carbonyl (C=O) groups is 2. The molecule has 0 atom stereocenters. The lowest BCUT2D eigenvalue weighted by Gasteiger charge is -2.11. The summed E-state index contributed by atoms with van der Waals surface area (Å²) >= 11 is 5.92. The molecule has 0 saturated heterocycles. The van der Waals surface area contributed by atoms with Crippen molar-refractivity contribution in [3.63, 3.8) is 0 Å². The van der Waals surface area contributed by atoms with E-state index in [0.29, 0.717) is 29.1 Å². The van der Waals surface area contributed by atoms with Crippen molar-refractivity contribution in [2.45, 2.75) is 6.42 Å². The zero-order chi connectivity index (χ0) is 15.5. The van der Waals surface area contributed by atoms with Crippen molar-refractivity contribution < 1.29 is 9.59 Å². The van der Waals surface area contributed by atoms with E-state index in [2.05, 4.69) is 0 Å². The molecule has 0 spiro atoms.